The van der Waals surface area contributed by atoms with Crippen molar-refractivity contribution < 1.29 is 9.18 Å². The number of nitrogens with one attached hydrogen (secondary N) is 1. The lowest BCUT2D eigenvalue weighted by molar-refractivity contribution is -0.122. The monoisotopic (exact) mass is 237 g/mol. The van der Waals surface area contributed by atoms with Gasteiger partial charge in [0.05, 0.1) is 6.04 Å². The summed E-state index contributed by atoms with van der Waals surface area (Å²) in [4.78, 5) is 11.5. The number of halogens is 1. The van der Waals surface area contributed by atoms with Gasteiger partial charge in [-0.25, -0.2) is 4.39 Å². The highest BCUT2D eigenvalue weighted by Crippen LogP contribution is 2.32. The molecule has 0 aromatic heterocycles. The second-order valence-corrected chi connectivity index (χ2v) is 5.27. The van der Waals surface area contributed by atoms with Crippen LogP contribution in [-0.4, -0.2) is 5.91 Å². The van der Waals surface area contributed by atoms with Crippen molar-refractivity contribution in [2.75, 3.05) is 0 Å². The van der Waals surface area contributed by atoms with Crippen molar-refractivity contribution in [3.8, 4) is 0 Å². The van der Waals surface area contributed by atoms with E-state index in [1.807, 2.05) is 6.92 Å². The van der Waals surface area contributed by atoms with E-state index in [1.165, 1.54) is 12.1 Å². The van der Waals surface area contributed by atoms with Gasteiger partial charge >= 0.3 is 0 Å². The zero-order valence-corrected chi connectivity index (χ0v) is 10.9. The molecular weight excluding hydrogens is 217 g/mol. The summed E-state index contributed by atoms with van der Waals surface area (Å²) < 4.78 is 12.9. The molecule has 0 spiro atoms. The Morgan fingerprint density at radius 1 is 1.29 bits per heavy atom. The summed E-state index contributed by atoms with van der Waals surface area (Å²) >= 11 is 0. The Bertz CT molecular complexity index is 378. The minimum atomic E-state index is -0.261. The van der Waals surface area contributed by atoms with Gasteiger partial charge in [0, 0.05) is 6.42 Å². The summed E-state index contributed by atoms with van der Waals surface area (Å²) in [5.74, 6) is -0.252. The summed E-state index contributed by atoms with van der Waals surface area (Å²) in [6.07, 6.45) is 0.452. The van der Waals surface area contributed by atoms with Crippen LogP contribution in [0.1, 0.15) is 45.7 Å². The molecule has 0 saturated heterocycles. The van der Waals surface area contributed by atoms with Gasteiger partial charge in [-0.15, -0.1) is 0 Å². The predicted octanol–water partition coefficient (Wildman–Crippen LogP) is 3.44. The lowest BCUT2D eigenvalue weighted by Gasteiger charge is -2.32. The molecule has 0 bridgehead atoms. The van der Waals surface area contributed by atoms with Gasteiger partial charge in [-0.05, 0) is 23.1 Å². The van der Waals surface area contributed by atoms with Crippen molar-refractivity contribution in [1.82, 2.24) is 5.32 Å². The van der Waals surface area contributed by atoms with Crippen molar-refractivity contribution >= 4 is 5.91 Å². The first kappa shape index (κ1) is 13.7. The molecule has 1 amide bonds. The van der Waals surface area contributed by atoms with Gasteiger partial charge < -0.3 is 5.32 Å². The van der Waals surface area contributed by atoms with Crippen LogP contribution in [0.3, 0.4) is 0 Å². The van der Waals surface area contributed by atoms with Gasteiger partial charge in [-0.1, -0.05) is 39.8 Å². The zero-order chi connectivity index (χ0) is 13.1. The summed E-state index contributed by atoms with van der Waals surface area (Å²) in [7, 11) is 0. The lowest BCUT2D eigenvalue weighted by Crippen LogP contribution is -2.36. The third-order valence-electron chi connectivity index (χ3n) is 2.70. The summed E-state index contributed by atoms with van der Waals surface area (Å²) in [5, 5.41) is 2.98. The first-order valence-corrected chi connectivity index (χ1v) is 5.89. The van der Waals surface area contributed by atoms with Crippen LogP contribution < -0.4 is 5.32 Å². The van der Waals surface area contributed by atoms with Crippen molar-refractivity contribution in [3.63, 3.8) is 0 Å². The maximum absolute atomic E-state index is 12.9. The number of carbonyl (C=O) groups excluding carboxylic acids is 1. The van der Waals surface area contributed by atoms with Crippen LogP contribution in [0, 0.1) is 11.2 Å². The number of hydrogen-bond donors (Lipinski definition) is 1. The van der Waals surface area contributed by atoms with Crippen LogP contribution in [0.25, 0.3) is 0 Å². The highest BCUT2D eigenvalue weighted by molar-refractivity contribution is 5.76. The van der Waals surface area contributed by atoms with Crippen molar-refractivity contribution in [2.24, 2.45) is 5.41 Å². The van der Waals surface area contributed by atoms with Crippen molar-refractivity contribution in [1.29, 1.82) is 0 Å². The van der Waals surface area contributed by atoms with E-state index >= 15 is 0 Å². The number of amides is 1. The fraction of sp³-hybridized carbons (Fsp3) is 0.500. The molecular formula is C14H20FNO. The van der Waals surface area contributed by atoms with Crippen LogP contribution in [0.15, 0.2) is 24.3 Å². The Morgan fingerprint density at radius 2 is 1.82 bits per heavy atom. The van der Waals surface area contributed by atoms with Crippen molar-refractivity contribution in [2.45, 2.75) is 40.2 Å². The molecule has 3 heteroatoms. The van der Waals surface area contributed by atoms with Crippen molar-refractivity contribution in [3.05, 3.63) is 35.6 Å². The fourth-order valence-corrected chi connectivity index (χ4v) is 1.72. The molecule has 1 aromatic rings. The van der Waals surface area contributed by atoms with Gasteiger partial charge in [0.15, 0.2) is 0 Å². The maximum atomic E-state index is 12.9. The number of benzene rings is 1. The Labute approximate surface area is 102 Å². The summed E-state index contributed by atoms with van der Waals surface area (Å²) in [6, 6.07) is 6.19. The third-order valence-corrected chi connectivity index (χ3v) is 2.70. The van der Waals surface area contributed by atoms with Gasteiger partial charge in [0.2, 0.25) is 5.91 Å². The highest BCUT2D eigenvalue weighted by atomic mass is 19.1. The van der Waals surface area contributed by atoms with Crippen LogP contribution in [0.5, 0.6) is 0 Å². The largest absolute Gasteiger partial charge is 0.349 e. The molecule has 0 fully saturated rings. The van der Waals surface area contributed by atoms with Gasteiger partial charge in [-0.3, -0.25) is 4.79 Å². The quantitative estimate of drug-likeness (QED) is 0.857. The first-order valence-electron chi connectivity index (χ1n) is 5.89. The molecule has 1 aromatic carbocycles. The number of carbonyl (C=O) groups is 1. The number of hydrogen-bond acceptors (Lipinski definition) is 1. The molecule has 0 heterocycles. The van der Waals surface area contributed by atoms with Crippen LogP contribution in [-0.2, 0) is 4.79 Å². The lowest BCUT2D eigenvalue weighted by atomic mass is 9.82. The SMILES string of the molecule is CCC(=O)NC(c1ccc(F)cc1)C(C)(C)C. The molecule has 2 nitrogen and oxygen atoms in total. The van der Waals surface area contributed by atoms with Crippen LogP contribution in [0.4, 0.5) is 4.39 Å². The molecule has 0 aliphatic heterocycles. The molecule has 1 unspecified atom stereocenters. The molecule has 94 valence electrons. The van der Waals surface area contributed by atoms with E-state index in [-0.39, 0.29) is 23.2 Å². The zero-order valence-electron chi connectivity index (χ0n) is 10.9. The molecule has 0 aliphatic rings. The van der Waals surface area contributed by atoms with Crippen LogP contribution in [0.2, 0.25) is 0 Å². The Kier molecular flexibility index (Phi) is 4.27. The fourth-order valence-electron chi connectivity index (χ4n) is 1.72. The summed E-state index contributed by atoms with van der Waals surface area (Å²) in [6.45, 7) is 7.98. The normalized spacial score (nSPS) is 13.2. The first-order chi connectivity index (χ1) is 7.84. The Morgan fingerprint density at radius 3 is 2.24 bits per heavy atom. The second kappa shape index (κ2) is 5.30. The second-order valence-electron chi connectivity index (χ2n) is 5.27. The standard InChI is InChI=1S/C14H20FNO/c1-5-12(17)16-13(14(2,3)4)10-6-8-11(15)9-7-10/h6-9,13H,5H2,1-4H3,(H,16,17). The highest BCUT2D eigenvalue weighted by Gasteiger charge is 2.27. The van der Waals surface area contributed by atoms with E-state index in [9.17, 15) is 9.18 Å². The summed E-state index contributed by atoms with van der Waals surface area (Å²) in [5.41, 5.74) is 0.823. The Balaban J connectivity index is 2.98. The molecule has 1 N–H and O–H groups in total. The van der Waals surface area contributed by atoms with Crippen LogP contribution >= 0.6 is 0 Å². The van der Waals surface area contributed by atoms with E-state index < -0.39 is 0 Å². The smallest absolute Gasteiger partial charge is 0.220 e. The predicted molar refractivity (Wildman–Crippen MR) is 67.0 cm³/mol. The molecule has 0 saturated carbocycles. The third kappa shape index (κ3) is 3.84. The van der Waals surface area contributed by atoms with E-state index in [0.717, 1.165) is 5.56 Å². The molecule has 1 rings (SSSR count). The molecule has 1 atom stereocenters. The van der Waals surface area contributed by atoms with E-state index in [2.05, 4.69) is 26.1 Å². The van der Waals surface area contributed by atoms with Gasteiger partial charge in [0.25, 0.3) is 0 Å². The molecule has 17 heavy (non-hydrogen) atoms. The topological polar surface area (TPSA) is 29.1 Å². The molecule has 0 radical (unpaired) electrons. The minimum Gasteiger partial charge on any atom is -0.349 e. The van der Waals surface area contributed by atoms with E-state index in [4.69, 9.17) is 0 Å². The average molecular weight is 237 g/mol. The van der Waals surface area contributed by atoms with E-state index in [1.54, 1.807) is 12.1 Å². The minimum absolute atomic E-state index is 0.00856. The number of rotatable bonds is 3. The van der Waals surface area contributed by atoms with E-state index in [0.29, 0.717) is 6.42 Å². The maximum Gasteiger partial charge on any atom is 0.220 e. The van der Waals surface area contributed by atoms with Gasteiger partial charge in [0.1, 0.15) is 5.82 Å². The Hall–Kier alpha value is -1.38. The molecule has 0 aliphatic carbocycles. The average Bonchev–Trinajstić information content (AvgIpc) is 2.25. The van der Waals surface area contributed by atoms with Gasteiger partial charge in [-0.2, -0.15) is 0 Å².